The van der Waals surface area contributed by atoms with Crippen LogP contribution in [0.1, 0.15) is 34.6 Å². The van der Waals surface area contributed by atoms with Crippen molar-refractivity contribution >= 4 is 5.91 Å². The molecule has 1 saturated heterocycles. The number of aryl methyl sites for hydroxylation is 2. The van der Waals surface area contributed by atoms with Gasteiger partial charge in [0.15, 0.2) is 0 Å². The van der Waals surface area contributed by atoms with Gasteiger partial charge in [-0.25, -0.2) is 9.07 Å². The monoisotopic (exact) mass is 330 g/mol. The molecule has 24 heavy (non-hydrogen) atoms. The lowest BCUT2D eigenvalue weighted by molar-refractivity contribution is 0.0736. The number of aromatic nitrogens is 2. The van der Waals surface area contributed by atoms with E-state index < -0.39 is 5.82 Å². The average molecular weight is 330 g/mol. The first-order valence-corrected chi connectivity index (χ1v) is 8.30. The molecule has 2 aromatic rings. The summed E-state index contributed by atoms with van der Waals surface area (Å²) in [7, 11) is 1.88. The Balaban J connectivity index is 1.87. The highest BCUT2D eigenvalue weighted by Gasteiger charge is 2.29. The van der Waals surface area contributed by atoms with Crippen molar-refractivity contribution in [3.05, 3.63) is 47.0 Å². The van der Waals surface area contributed by atoms with E-state index in [9.17, 15) is 9.18 Å². The summed E-state index contributed by atoms with van der Waals surface area (Å²) in [5.74, 6) is -0.539. The van der Waals surface area contributed by atoms with Gasteiger partial charge in [0.1, 0.15) is 11.5 Å². The van der Waals surface area contributed by atoms with Gasteiger partial charge in [-0.3, -0.25) is 4.79 Å². The number of halogens is 1. The number of carbonyl (C=O) groups is 1. The van der Waals surface area contributed by atoms with E-state index in [-0.39, 0.29) is 11.9 Å². The second-order valence-electron chi connectivity index (χ2n) is 6.36. The first-order chi connectivity index (χ1) is 11.5. The predicted molar refractivity (Wildman–Crippen MR) is 91.0 cm³/mol. The third kappa shape index (κ3) is 3.06. The number of nitrogens with zero attached hydrogens (tertiary/aromatic N) is 3. The second kappa shape index (κ2) is 6.73. The summed E-state index contributed by atoms with van der Waals surface area (Å²) in [4.78, 5) is 14.6. The van der Waals surface area contributed by atoms with Crippen LogP contribution in [0.25, 0.3) is 5.69 Å². The third-order valence-corrected chi connectivity index (χ3v) is 4.51. The molecule has 0 spiro atoms. The highest BCUT2D eigenvalue weighted by atomic mass is 19.1. The molecule has 1 N–H and O–H groups in total. The molecular formula is C18H23FN4O. The van der Waals surface area contributed by atoms with Crippen LogP contribution in [0.3, 0.4) is 0 Å². The van der Waals surface area contributed by atoms with Gasteiger partial charge in [0, 0.05) is 30.4 Å². The molecular weight excluding hydrogens is 307 g/mol. The number of benzene rings is 1. The second-order valence-corrected chi connectivity index (χ2v) is 6.36. The van der Waals surface area contributed by atoms with Gasteiger partial charge in [0.05, 0.1) is 5.69 Å². The van der Waals surface area contributed by atoms with E-state index >= 15 is 0 Å². The molecule has 0 aliphatic carbocycles. The minimum Gasteiger partial charge on any atom is -0.334 e. The summed E-state index contributed by atoms with van der Waals surface area (Å²) in [6.45, 7) is 5.24. The Morgan fingerprint density at radius 2 is 2.17 bits per heavy atom. The number of nitrogens with one attached hydrogen (secondary N) is 1. The number of likely N-dealkylation sites (N-methyl/N-ethyl adjacent to an activating group) is 1. The molecule has 0 radical (unpaired) electrons. The standard InChI is InChI=1S/C18H23FN4O/c1-12-9-13(2)23(21-12)17-7-6-14(10-16(17)19)18(24)22-8-4-5-15(22)11-20-3/h6-7,9-10,15,20H,4-5,8,11H2,1-3H3. The Morgan fingerprint density at radius 3 is 2.79 bits per heavy atom. The zero-order chi connectivity index (χ0) is 17.3. The van der Waals surface area contributed by atoms with Gasteiger partial charge in [-0.2, -0.15) is 5.10 Å². The maximum atomic E-state index is 14.6. The van der Waals surface area contributed by atoms with Crippen molar-refractivity contribution in [2.75, 3.05) is 20.1 Å². The normalized spacial score (nSPS) is 17.5. The van der Waals surface area contributed by atoms with Gasteiger partial charge in [0.25, 0.3) is 5.91 Å². The van der Waals surface area contributed by atoms with E-state index in [1.807, 2.05) is 31.9 Å². The Kier molecular flexibility index (Phi) is 4.66. The SMILES string of the molecule is CNCC1CCCN1C(=O)c1ccc(-n2nc(C)cc2C)c(F)c1. The molecule has 1 amide bonds. The van der Waals surface area contributed by atoms with Crippen LogP contribution in [0.15, 0.2) is 24.3 Å². The van der Waals surface area contributed by atoms with Crippen molar-refractivity contribution in [3.8, 4) is 5.69 Å². The third-order valence-electron chi connectivity index (χ3n) is 4.51. The van der Waals surface area contributed by atoms with Crippen LogP contribution < -0.4 is 5.32 Å². The van der Waals surface area contributed by atoms with Gasteiger partial charge >= 0.3 is 0 Å². The van der Waals surface area contributed by atoms with E-state index in [2.05, 4.69) is 10.4 Å². The van der Waals surface area contributed by atoms with Crippen molar-refractivity contribution in [1.29, 1.82) is 0 Å². The molecule has 1 atom stereocenters. The smallest absolute Gasteiger partial charge is 0.254 e. The van der Waals surface area contributed by atoms with Crippen molar-refractivity contribution in [2.45, 2.75) is 32.7 Å². The summed E-state index contributed by atoms with van der Waals surface area (Å²) in [5.41, 5.74) is 2.45. The Labute approximate surface area is 141 Å². The van der Waals surface area contributed by atoms with Crippen LogP contribution >= 0.6 is 0 Å². The number of hydrogen-bond donors (Lipinski definition) is 1. The number of likely N-dealkylation sites (tertiary alicyclic amines) is 1. The lowest BCUT2D eigenvalue weighted by Crippen LogP contribution is -2.40. The number of carbonyl (C=O) groups excluding carboxylic acids is 1. The molecule has 1 aliphatic rings. The highest BCUT2D eigenvalue weighted by molar-refractivity contribution is 5.94. The lowest BCUT2D eigenvalue weighted by atomic mass is 10.1. The van der Waals surface area contributed by atoms with Gasteiger partial charge in [-0.05, 0) is 58.0 Å². The molecule has 1 fully saturated rings. The van der Waals surface area contributed by atoms with E-state index in [0.717, 1.165) is 37.3 Å². The number of rotatable bonds is 4. The quantitative estimate of drug-likeness (QED) is 0.937. The molecule has 1 aliphatic heterocycles. The molecule has 1 unspecified atom stereocenters. The van der Waals surface area contributed by atoms with E-state index in [0.29, 0.717) is 11.3 Å². The van der Waals surface area contributed by atoms with Crippen LogP contribution in [0.5, 0.6) is 0 Å². The molecule has 5 nitrogen and oxygen atoms in total. The molecule has 0 bridgehead atoms. The van der Waals surface area contributed by atoms with Crippen molar-refractivity contribution in [2.24, 2.45) is 0 Å². The Morgan fingerprint density at radius 1 is 1.38 bits per heavy atom. The van der Waals surface area contributed by atoms with E-state index in [1.165, 1.54) is 6.07 Å². The van der Waals surface area contributed by atoms with E-state index in [4.69, 9.17) is 0 Å². The Bertz CT molecular complexity index is 755. The van der Waals surface area contributed by atoms with Gasteiger partial charge in [-0.15, -0.1) is 0 Å². The zero-order valence-corrected chi connectivity index (χ0v) is 14.3. The maximum absolute atomic E-state index is 14.6. The predicted octanol–water partition coefficient (Wildman–Crippen LogP) is 2.45. The zero-order valence-electron chi connectivity index (χ0n) is 14.3. The highest BCUT2D eigenvalue weighted by Crippen LogP contribution is 2.22. The summed E-state index contributed by atoms with van der Waals surface area (Å²) >= 11 is 0. The number of hydrogen-bond acceptors (Lipinski definition) is 3. The van der Waals surface area contributed by atoms with Crippen molar-refractivity contribution < 1.29 is 9.18 Å². The van der Waals surface area contributed by atoms with Crippen LogP contribution in [0.2, 0.25) is 0 Å². The molecule has 2 heterocycles. The molecule has 6 heteroatoms. The summed E-state index contributed by atoms with van der Waals surface area (Å²) in [6.07, 6.45) is 1.98. The Hall–Kier alpha value is -2.21. The van der Waals surface area contributed by atoms with Crippen molar-refractivity contribution in [3.63, 3.8) is 0 Å². The lowest BCUT2D eigenvalue weighted by Gasteiger charge is -2.24. The molecule has 3 rings (SSSR count). The average Bonchev–Trinajstić information content (AvgIpc) is 3.13. The summed E-state index contributed by atoms with van der Waals surface area (Å²) in [6, 6.07) is 6.71. The van der Waals surface area contributed by atoms with E-state index in [1.54, 1.807) is 16.8 Å². The fourth-order valence-corrected chi connectivity index (χ4v) is 3.40. The largest absolute Gasteiger partial charge is 0.334 e. The number of amides is 1. The molecule has 1 aromatic carbocycles. The minimum atomic E-state index is -0.434. The van der Waals surface area contributed by atoms with Crippen LogP contribution in [0.4, 0.5) is 4.39 Å². The summed E-state index contributed by atoms with van der Waals surface area (Å²) in [5, 5.41) is 7.42. The first-order valence-electron chi connectivity index (χ1n) is 8.30. The molecule has 128 valence electrons. The maximum Gasteiger partial charge on any atom is 0.254 e. The fraction of sp³-hybridized carbons (Fsp3) is 0.444. The van der Waals surface area contributed by atoms with Gasteiger partial charge < -0.3 is 10.2 Å². The minimum absolute atomic E-state index is 0.105. The molecule has 0 saturated carbocycles. The molecule has 1 aromatic heterocycles. The fourth-order valence-electron chi connectivity index (χ4n) is 3.40. The van der Waals surface area contributed by atoms with Crippen LogP contribution in [-0.2, 0) is 0 Å². The van der Waals surface area contributed by atoms with Gasteiger partial charge in [0.2, 0.25) is 0 Å². The van der Waals surface area contributed by atoms with Crippen LogP contribution in [0, 0.1) is 19.7 Å². The van der Waals surface area contributed by atoms with Gasteiger partial charge in [-0.1, -0.05) is 0 Å². The first kappa shape index (κ1) is 16.6. The topological polar surface area (TPSA) is 50.2 Å². The van der Waals surface area contributed by atoms with Crippen LogP contribution in [-0.4, -0.2) is 46.8 Å². The van der Waals surface area contributed by atoms with Crippen molar-refractivity contribution in [1.82, 2.24) is 20.0 Å². The summed E-state index contributed by atoms with van der Waals surface area (Å²) < 4.78 is 16.1.